The molecular formula is C21H28BrNO5. The number of hydrogen-bond donors (Lipinski definition) is 1. The summed E-state index contributed by atoms with van der Waals surface area (Å²) in [5.41, 5.74) is 0.202. The van der Waals surface area contributed by atoms with Crippen molar-refractivity contribution in [1.29, 1.82) is 0 Å². The fourth-order valence-corrected chi connectivity index (χ4v) is 3.38. The van der Waals surface area contributed by atoms with E-state index in [-0.39, 0.29) is 5.78 Å². The van der Waals surface area contributed by atoms with Crippen molar-refractivity contribution in [2.75, 3.05) is 0 Å². The van der Waals surface area contributed by atoms with Gasteiger partial charge in [0.05, 0.1) is 0 Å². The molecule has 1 aromatic carbocycles. The van der Waals surface area contributed by atoms with Crippen LogP contribution in [0.15, 0.2) is 22.7 Å². The maximum absolute atomic E-state index is 12.8. The number of fused-ring (bicyclic) bond motifs is 1. The van der Waals surface area contributed by atoms with E-state index < -0.39 is 35.2 Å². The molecular weight excluding hydrogens is 426 g/mol. The predicted molar refractivity (Wildman–Crippen MR) is 109 cm³/mol. The predicted octanol–water partition coefficient (Wildman–Crippen LogP) is 4.43. The third-order valence-corrected chi connectivity index (χ3v) is 4.82. The monoisotopic (exact) mass is 453 g/mol. The van der Waals surface area contributed by atoms with Gasteiger partial charge < -0.3 is 14.8 Å². The molecule has 0 bridgehead atoms. The first kappa shape index (κ1) is 22.4. The van der Waals surface area contributed by atoms with E-state index >= 15 is 0 Å². The number of amides is 1. The first-order valence-electron chi connectivity index (χ1n) is 9.30. The number of ether oxygens (including phenoxy) is 2. The molecule has 1 aliphatic carbocycles. The Balaban J connectivity index is 2.12. The molecule has 7 heteroatoms. The number of halogens is 1. The Labute approximate surface area is 174 Å². The fraction of sp³-hybridized carbons (Fsp3) is 0.571. The van der Waals surface area contributed by atoms with Crippen LogP contribution in [0.25, 0.3) is 0 Å². The SMILES string of the molecule is CC(C)(C)OC(=O)N[C@H](C(=O)OC1CCc2cc(Br)ccc2C1=O)C(C)(C)C. The maximum atomic E-state index is 12.8. The van der Waals surface area contributed by atoms with Crippen molar-refractivity contribution in [3.05, 3.63) is 33.8 Å². The van der Waals surface area contributed by atoms with Gasteiger partial charge in [-0.3, -0.25) is 4.79 Å². The van der Waals surface area contributed by atoms with Crippen LogP contribution < -0.4 is 5.32 Å². The van der Waals surface area contributed by atoms with Gasteiger partial charge in [0.25, 0.3) is 0 Å². The molecule has 0 aromatic heterocycles. The fourth-order valence-electron chi connectivity index (χ4n) is 2.98. The van der Waals surface area contributed by atoms with Crippen LogP contribution in [0.3, 0.4) is 0 Å². The van der Waals surface area contributed by atoms with Gasteiger partial charge in [-0.05, 0) is 62.8 Å². The Morgan fingerprint density at radius 2 is 1.82 bits per heavy atom. The van der Waals surface area contributed by atoms with E-state index in [1.54, 1.807) is 32.9 Å². The van der Waals surface area contributed by atoms with Crippen molar-refractivity contribution in [2.24, 2.45) is 5.41 Å². The Hall–Kier alpha value is -1.89. The van der Waals surface area contributed by atoms with Crippen LogP contribution in [0.5, 0.6) is 0 Å². The van der Waals surface area contributed by atoms with Gasteiger partial charge in [0.15, 0.2) is 6.10 Å². The number of benzene rings is 1. The van der Waals surface area contributed by atoms with E-state index in [2.05, 4.69) is 21.2 Å². The summed E-state index contributed by atoms with van der Waals surface area (Å²) in [6.07, 6.45) is -0.504. The standard InChI is InChI=1S/C21H28BrNO5/c1-20(2,3)17(23-19(26)28-21(4,5)6)18(25)27-15-10-7-12-11-13(22)8-9-14(12)16(15)24/h8-9,11,15,17H,7,10H2,1-6H3,(H,23,26)/t15?,17-/m1/s1. The summed E-state index contributed by atoms with van der Waals surface area (Å²) in [6.45, 7) is 10.7. The number of Topliss-reactive ketones (excluding diaryl/α,β-unsaturated/α-hetero) is 1. The molecule has 0 saturated carbocycles. The Bertz CT molecular complexity index is 776. The molecule has 154 valence electrons. The van der Waals surface area contributed by atoms with Crippen LogP contribution >= 0.6 is 15.9 Å². The third kappa shape index (κ3) is 5.80. The molecule has 0 aliphatic heterocycles. The van der Waals surface area contributed by atoms with Crippen molar-refractivity contribution in [2.45, 2.75) is 72.1 Å². The second-order valence-corrected chi connectivity index (χ2v) is 9.99. The molecule has 6 nitrogen and oxygen atoms in total. The Morgan fingerprint density at radius 1 is 1.18 bits per heavy atom. The van der Waals surface area contributed by atoms with Gasteiger partial charge in [-0.25, -0.2) is 9.59 Å². The van der Waals surface area contributed by atoms with Crippen molar-refractivity contribution in [3.63, 3.8) is 0 Å². The number of carbonyl (C=O) groups is 3. The minimum absolute atomic E-state index is 0.216. The van der Waals surface area contributed by atoms with Gasteiger partial charge in [0, 0.05) is 10.0 Å². The van der Waals surface area contributed by atoms with Crippen LogP contribution in [0.1, 0.15) is 63.9 Å². The van der Waals surface area contributed by atoms with Crippen LogP contribution in [0, 0.1) is 5.41 Å². The molecule has 28 heavy (non-hydrogen) atoms. The second-order valence-electron chi connectivity index (χ2n) is 9.08. The van der Waals surface area contributed by atoms with Crippen molar-refractivity contribution in [3.8, 4) is 0 Å². The van der Waals surface area contributed by atoms with E-state index in [0.29, 0.717) is 18.4 Å². The third-order valence-electron chi connectivity index (χ3n) is 4.32. The summed E-state index contributed by atoms with van der Waals surface area (Å²) in [5.74, 6) is -0.857. The first-order valence-corrected chi connectivity index (χ1v) is 10.1. The van der Waals surface area contributed by atoms with E-state index in [0.717, 1.165) is 10.0 Å². The zero-order valence-corrected chi connectivity index (χ0v) is 18.8. The lowest BCUT2D eigenvalue weighted by molar-refractivity contribution is -0.152. The van der Waals surface area contributed by atoms with Gasteiger partial charge in [-0.15, -0.1) is 0 Å². The molecule has 0 radical (unpaired) electrons. The number of esters is 1. The highest BCUT2D eigenvalue weighted by Gasteiger charge is 2.39. The maximum Gasteiger partial charge on any atom is 0.408 e. The number of carbonyl (C=O) groups excluding carboxylic acids is 3. The minimum Gasteiger partial charge on any atom is -0.452 e. The highest BCUT2D eigenvalue weighted by molar-refractivity contribution is 9.10. The average molecular weight is 454 g/mol. The van der Waals surface area contributed by atoms with Gasteiger partial charge in [0.1, 0.15) is 11.6 Å². The van der Waals surface area contributed by atoms with Crippen LogP contribution in [-0.2, 0) is 20.7 Å². The summed E-state index contributed by atoms with van der Waals surface area (Å²) in [5, 5.41) is 2.59. The Morgan fingerprint density at radius 3 is 2.39 bits per heavy atom. The lowest BCUT2D eigenvalue weighted by Gasteiger charge is -2.32. The van der Waals surface area contributed by atoms with Crippen molar-refractivity contribution < 1.29 is 23.9 Å². The van der Waals surface area contributed by atoms with E-state index in [9.17, 15) is 14.4 Å². The molecule has 1 N–H and O–H groups in total. The highest BCUT2D eigenvalue weighted by Crippen LogP contribution is 2.28. The summed E-state index contributed by atoms with van der Waals surface area (Å²) < 4.78 is 11.7. The zero-order chi connectivity index (χ0) is 21.3. The Kier molecular flexibility index (Phi) is 6.58. The summed E-state index contributed by atoms with van der Waals surface area (Å²) >= 11 is 3.40. The largest absolute Gasteiger partial charge is 0.452 e. The summed E-state index contributed by atoms with van der Waals surface area (Å²) in [6, 6.07) is 4.50. The highest BCUT2D eigenvalue weighted by atomic mass is 79.9. The molecule has 2 atom stereocenters. The van der Waals surface area contributed by atoms with Crippen molar-refractivity contribution >= 4 is 33.8 Å². The minimum atomic E-state index is -0.943. The van der Waals surface area contributed by atoms with E-state index in [1.807, 2.05) is 26.8 Å². The van der Waals surface area contributed by atoms with Gasteiger partial charge >= 0.3 is 12.1 Å². The summed E-state index contributed by atoms with van der Waals surface area (Å²) in [4.78, 5) is 37.7. The molecule has 0 fully saturated rings. The smallest absolute Gasteiger partial charge is 0.408 e. The molecule has 1 amide bonds. The van der Waals surface area contributed by atoms with Crippen LogP contribution in [0.4, 0.5) is 4.79 Å². The molecule has 1 aromatic rings. The lowest BCUT2D eigenvalue weighted by atomic mass is 9.86. The molecule has 0 saturated heterocycles. The number of hydrogen-bond acceptors (Lipinski definition) is 5. The quantitative estimate of drug-likeness (QED) is 0.684. The first-order chi connectivity index (χ1) is 12.8. The second kappa shape index (κ2) is 8.23. The van der Waals surface area contributed by atoms with E-state index in [4.69, 9.17) is 9.47 Å². The average Bonchev–Trinajstić information content (AvgIpc) is 2.52. The molecule has 2 rings (SSSR count). The van der Waals surface area contributed by atoms with Crippen molar-refractivity contribution in [1.82, 2.24) is 5.32 Å². The van der Waals surface area contributed by atoms with Crippen LogP contribution in [-0.4, -0.2) is 35.6 Å². The van der Waals surface area contributed by atoms with Gasteiger partial charge in [-0.1, -0.05) is 36.7 Å². The molecule has 0 heterocycles. The van der Waals surface area contributed by atoms with E-state index in [1.165, 1.54) is 0 Å². The zero-order valence-electron chi connectivity index (χ0n) is 17.2. The number of nitrogens with one attached hydrogen (secondary N) is 1. The number of alkyl carbamates (subject to hydrolysis) is 1. The topological polar surface area (TPSA) is 81.7 Å². The summed E-state index contributed by atoms with van der Waals surface area (Å²) in [7, 11) is 0. The van der Waals surface area contributed by atoms with Crippen LogP contribution in [0.2, 0.25) is 0 Å². The van der Waals surface area contributed by atoms with Gasteiger partial charge in [0.2, 0.25) is 5.78 Å². The molecule has 1 aliphatic rings. The van der Waals surface area contributed by atoms with Gasteiger partial charge in [-0.2, -0.15) is 0 Å². The lowest BCUT2D eigenvalue weighted by Crippen LogP contribution is -2.52. The number of rotatable bonds is 3. The molecule has 0 spiro atoms. The molecule has 1 unspecified atom stereocenters. The normalized spacial score (nSPS) is 18.1. The number of aryl methyl sites for hydroxylation is 1. The number of ketones is 1.